The third-order valence-corrected chi connectivity index (χ3v) is 2.87. The minimum Gasteiger partial charge on any atom is -0.309 e. The highest BCUT2D eigenvalue weighted by Gasteiger charge is 2.17. The molecule has 0 aromatic carbocycles. The van der Waals surface area contributed by atoms with E-state index < -0.39 is 0 Å². The van der Waals surface area contributed by atoms with Gasteiger partial charge in [0.05, 0.1) is 23.0 Å². The van der Waals surface area contributed by atoms with Crippen LogP contribution >= 0.6 is 11.6 Å². The molecule has 0 saturated carbocycles. The average Bonchev–Trinajstić information content (AvgIpc) is 2.54. The monoisotopic (exact) mass is 244 g/mol. The second kappa shape index (κ2) is 6.23. The van der Waals surface area contributed by atoms with Crippen LogP contribution in [-0.2, 0) is 7.05 Å². The molecule has 1 atom stereocenters. The first kappa shape index (κ1) is 13.5. The molecule has 1 rings (SSSR count). The van der Waals surface area contributed by atoms with E-state index in [1.807, 2.05) is 11.7 Å². The lowest BCUT2D eigenvalue weighted by atomic mass is 10.1. The second-order valence-electron chi connectivity index (χ2n) is 4.20. The summed E-state index contributed by atoms with van der Waals surface area (Å²) in [5.74, 6) is 0. The molecule has 0 spiro atoms. The maximum absolute atomic E-state index is 6.15. The van der Waals surface area contributed by atoms with Crippen LogP contribution in [0.15, 0.2) is 6.20 Å². The van der Waals surface area contributed by atoms with Crippen molar-refractivity contribution < 1.29 is 0 Å². The Hall–Kier alpha value is -0.580. The van der Waals surface area contributed by atoms with Gasteiger partial charge in [0.2, 0.25) is 0 Å². The lowest BCUT2D eigenvalue weighted by Crippen LogP contribution is -2.27. The van der Waals surface area contributed by atoms with Gasteiger partial charge in [0.25, 0.3) is 0 Å². The van der Waals surface area contributed by atoms with E-state index in [-0.39, 0.29) is 6.04 Å². The molecule has 0 radical (unpaired) electrons. The summed E-state index contributed by atoms with van der Waals surface area (Å²) in [5.41, 5.74) is 1.07. The van der Waals surface area contributed by atoms with Crippen molar-refractivity contribution in [2.75, 3.05) is 27.2 Å². The van der Waals surface area contributed by atoms with E-state index >= 15 is 0 Å². The zero-order chi connectivity index (χ0) is 12.1. The molecule has 0 aliphatic heterocycles. The van der Waals surface area contributed by atoms with E-state index in [0.29, 0.717) is 0 Å². The summed E-state index contributed by atoms with van der Waals surface area (Å²) in [5, 5.41) is 8.37. The summed E-state index contributed by atoms with van der Waals surface area (Å²) in [7, 11) is 6.09. The highest BCUT2D eigenvalue weighted by molar-refractivity contribution is 6.31. The first-order chi connectivity index (χ1) is 7.56. The summed E-state index contributed by atoms with van der Waals surface area (Å²) < 4.78 is 1.85. The van der Waals surface area contributed by atoms with Gasteiger partial charge in [0.1, 0.15) is 0 Å². The fourth-order valence-corrected chi connectivity index (χ4v) is 2.08. The highest BCUT2D eigenvalue weighted by atomic mass is 35.5. The van der Waals surface area contributed by atoms with Gasteiger partial charge in [0, 0.05) is 7.05 Å². The minimum absolute atomic E-state index is 0.271. The van der Waals surface area contributed by atoms with Crippen LogP contribution in [0.2, 0.25) is 5.02 Å². The molecule has 0 amide bonds. The Kier molecular flexibility index (Phi) is 5.25. The number of nitrogens with one attached hydrogen (secondary N) is 1. The smallest absolute Gasteiger partial charge is 0.0834 e. The summed E-state index contributed by atoms with van der Waals surface area (Å²) in [6.45, 7) is 4.06. The van der Waals surface area contributed by atoms with Crippen molar-refractivity contribution >= 4 is 11.6 Å². The molecule has 1 N–H and O–H groups in total. The number of rotatable bonds is 6. The van der Waals surface area contributed by atoms with Gasteiger partial charge in [-0.1, -0.05) is 18.5 Å². The van der Waals surface area contributed by atoms with Crippen molar-refractivity contribution in [2.24, 2.45) is 7.05 Å². The molecule has 1 heterocycles. The van der Waals surface area contributed by atoms with Crippen LogP contribution in [0.25, 0.3) is 0 Å². The van der Waals surface area contributed by atoms with Gasteiger partial charge < -0.3 is 10.2 Å². The molecule has 0 aliphatic carbocycles. The van der Waals surface area contributed by atoms with Gasteiger partial charge in [-0.05, 0) is 33.6 Å². The SMILES string of the molecule is CCNC(CCN(C)C)c1c(Cl)cnn1C. The lowest BCUT2D eigenvalue weighted by molar-refractivity contribution is 0.356. The number of nitrogens with zero attached hydrogens (tertiary/aromatic N) is 3. The fraction of sp³-hybridized carbons (Fsp3) is 0.727. The second-order valence-corrected chi connectivity index (χ2v) is 4.61. The van der Waals surface area contributed by atoms with Gasteiger partial charge in [-0.3, -0.25) is 4.68 Å². The molecular weight excluding hydrogens is 224 g/mol. The van der Waals surface area contributed by atoms with Crippen molar-refractivity contribution in [2.45, 2.75) is 19.4 Å². The number of aryl methyl sites for hydroxylation is 1. The van der Waals surface area contributed by atoms with Crippen LogP contribution in [0.5, 0.6) is 0 Å². The van der Waals surface area contributed by atoms with Crippen molar-refractivity contribution in [3.63, 3.8) is 0 Å². The molecule has 0 aliphatic rings. The van der Waals surface area contributed by atoms with Gasteiger partial charge in [-0.25, -0.2) is 0 Å². The predicted octanol–water partition coefficient (Wildman–Crippen LogP) is 1.68. The highest BCUT2D eigenvalue weighted by Crippen LogP contribution is 2.24. The van der Waals surface area contributed by atoms with Gasteiger partial charge >= 0.3 is 0 Å². The summed E-state index contributed by atoms with van der Waals surface area (Å²) in [6.07, 6.45) is 2.73. The molecule has 0 saturated heterocycles. The Labute approximate surface area is 103 Å². The Morgan fingerprint density at radius 1 is 1.56 bits per heavy atom. The predicted molar refractivity (Wildman–Crippen MR) is 67.8 cm³/mol. The van der Waals surface area contributed by atoms with Gasteiger partial charge in [-0.2, -0.15) is 5.10 Å². The maximum Gasteiger partial charge on any atom is 0.0834 e. The third kappa shape index (κ3) is 3.47. The first-order valence-electron chi connectivity index (χ1n) is 5.61. The summed E-state index contributed by atoms with van der Waals surface area (Å²) >= 11 is 6.15. The number of hydrogen-bond acceptors (Lipinski definition) is 3. The van der Waals surface area contributed by atoms with Crippen molar-refractivity contribution in [1.29, 1.82) is 0 Å². The first-order valence-corrected chi connectivity index (χ1v) is 5.99. The van der Waals surface area contributed by atoms with E-state index in [9.17, 15) is 0 Å². The van der Waals surface area contributed by atoms with Gasteiger partial charge in [0.15, 0.2) is 0 Å². The molecular formula is C11H21ClN4. The Morgan fingerprint density at radius 2 is 2.25 bits per heavy atom. The van der Waals surface area contributed by atoms with E-state index in [0.717, 1.165) is 30.2 Å². The van der Waals surface area contributed by atoms with Crippen LogP contribution in [0, 0.1) is 0 Å². The lowest BCUT2D eigenvalue weighted by Gasteiger charge is -2.20. The van der Waals surface area contributed by atoms with E-state index in [4.69, 9.17) is 11.6 Å². The minimum atomic E-state index is 0.271. The Bertz CT molecular complexity index is 302. The van der Waals surface area contributed by atoms with E-state index in [2.05, 4.69) is 36.3 Å². The maximum atomic E-state index is 6.15. The van der Waals surface area contributed by atoms with Crippen LogP contribution in [0.4, 0.5) is 0 Å². The molecule has 0 bridgehead atoms. The largest absolute Gasteiger partial charge is 0.309 e. The normalized spacial score (nSPS) is 13.4. The van der Waals surface area contributed by atoms with Crippen molar-refractivity contribution in [3.8, 4) is 0 Å². The van der Waals surface area contributed by atoms with Gasteiger partial charge in [-0.15, -0.1) is 0 Å². The van der Waals surface area contributed by atoms with Crippen LogP contribution in [-0.4, -0.2) is 41.9 Å². The number of hydrogen-bond donors (Lipinski definition) is 1. The molecule has 4 nitrogen and oxygen atoms in total. The Balaban J connectivity index is 2.76. The third-order valence-electron chi connectivity index (χ3n) is 2.58. The summed E-state index contributed by atoms with van der Waals surface area (Å²) in [4.78, 5) is 2.18. The quantitative estimate of drug-likeness (QED) is 0.827. The fourth-order valence-electron chi connectivity index (χ4n) is 1.78. The number of halogens is 1. The Morgan fingerprint density at radius 3 is 2.69 bits per heavy atom. The molecule has 92 valence electrons. The van der Waals surface area contributed by atoms with Crippen LogP contribution in [0.3, 0.4) is 0 Å². The molecule has 1 aromatic heterocycles. The zero-order valence-electron chi connectivity index (χ0n) is 10.5. The standard InChI is InChI=1S/C11H21ClN4/c1-5-13-10(6-7-15(2)3)11-9(12)8-14-16(11)4/h8,10,13H,5-7H2,1-4H3. The molecule has 5 heteroatoms. The molecule has 16 heavy (non-hydrogen) atoms. The van der Waals surface area contributed by atoms with Crippen LogP contribution < -0.4 is 5.32 Å². The van der Waals surface area contributed by atoms with E-state index in [1.165, 1.54) is 0 Å². The van der Waals surface area contributed by atoms with E-state index in [1.54, 1.807) is 6.20 Å². The van der Waals surface area contributed by atoms with Crippen LogP contribution in [0.1, 0.15) is 25.1 Å². The molecule has 0 fully saturated rings. The topological polar surface area (TPSA) is 33.1 Å². The van der Waals surface area contributed by atoms with Crippen molar-refractivity contribution in [3.05, 3.63) is 16.9 Å². The zero-order valence-corrected chi connectivity index (χ0v) is 11.3. The van der Waals surface area contributed by atoms with Crippen molar-refractivity contribution in [1.82, 2.24) is 20.0 Å². The molecule has 1 aromatic rings. The number of aromatic nitrogens is 2. The molecule has 1 unspecified atom stereocenters. The summed E-state index contributed by atoms with van der Waals surface area (Å²) in [6, 6.07) is 0.271. The average molecular weight is 245 g/mol.